The fourth-order valence-electron chi connectivity index (χ4n) is 11.0. The number of hydrogen-bond acceptors (Lipinski definition) is 20. The zero-order chi connectivity index (χ0) is 72.9. The molecule has 0 bridgehead atoms. The molecule has 5 unspecified atom stereocenters. The van der Waals surface area contributed by atoms with Crippen molar-refractivity contribution in [3.05, 3.63) is 127 Å². The smallest absolute Gasteiger partial charge is 0.327 e. The van der Waals surface area contributed by atoms with Gasteiger partial charge in [0.2, 0.25) is 0 Å². The molecular weight excluding hydrogens is 1460 g/mol. The van der Waals surface area contributed by atoms with Gasteiger partial charge in [-0.15, -0.1) is 58.0 Å². The summed E-state index contributed by atoms with van der Waals surface area (Å²) in [6, 6.07) is 27.4. The fraction of sp³-hybridized carbons (Fsp3) is 0.388. The highest BCUT2D eigenvalue weighted by atomic mass is 35.5. The van der Waals surface area contributed by atoms with Gasteiger partial charge in [0.1, 0.15) is 0 Å². The molecule has 0 aromatic heterocycles. The van der Waals surface area contributed by atoms with Crippen molar-refractivity contribution in [2.75, 3.05) is 64.3 Å². The zero-order valence-electron chi connectivity index (χ0n) is 54.7. The van der Waals surface area contributed by atoms with E-state index < -0.39 is 132 Å². The summed E-state index contributed by atoms with van der Waals surface area (Å²) in [4.78, 5) is 52.1. The third-order valence-electron chi connectivity index (χ3n) is 15.8. The van der Waals surface area contributed by atoms with Crippen LogP contribution in [0.1, 0.15) is 72.8 Å². The van der Waals surface area contributed by atoms with Crippen LogP contribution in [0, 0.1) is 0 Å². The second kappa shape index (κ2) is 30.8. The van der Waals surface area contributed by atoms with Crippen molar-refractivity contribution in [2.24, 2.45) is 0 Å². The van der Waals surface area contributed by atoms with Crippen LogP contribution in [0.25, 0.3) is 55.6 Å². The minimum atomic E-state index is -4.46. The lowest BCUT2D eigenvalue weighted by molar-refractivity contribution is -0.143. The highest BCUT2D eigenvalue weighted by Gasteiger charge is 2.43. The Balaban J connectivity index is 1.93. The molecule has 0 saturated heterocycles. The fourth-order valence-corrected chi connectivity index (χ4v) is 21.3. The van der Waals surface area contributed by atoms with Crippen molar-refractivity contribution in [1.29, 1.82) is 0 Å². The van der Waals surface area contributed by atoms with E-state index >= 15 is 0 Å². The first-order valence-corrected chi connectivity index (χ1v) is 39.7. The summed E-state index contributed by atoms with van der Waals surface area (Å²) >= 11 is 32.4. The van der Waals surface area contributed by atoms with Gasteiger partial charge < -0.3 is 23.7 Å². The summed E-state index contributed by atoms with van der Waals surface area (Å²) in [5.41, 5.74) is 3.16. The van der Waals surface area contributed by atoms with E-state index in [4.69, 9.17) is 81.7 Å². The number of ether oxygens (including phenoxy) is 5. The summed E-state index contributed by atoms with van der Waals surface area (Å²) in [5, 5.41) is 0. The lowest BCUT2D eigenvalue weighted by Gasteiger charge is -2.29. The molecule has 0 heterocycles. The topological polar surface area (TPSA) is 302 Å². The maximum atomic E-state index is 14.3. The Morgan fingerprint density at radius 3 is 0.649 bits per heavy atom. The first-order valence-electron chi connectivity index (χ1n) is 29.6. The Kier molecular flexibility index (Phi) is 25.3. The van der Waals surface area contributed by atoms with Crippen LogP contribution in [-0.2, 0) is 103 Å². The summed E-state index contributed by atoms with van der Waals surface area (Å²) in [5.74, 6) is -9.73. The maximum Gasteiger partial charge on any atom is 0.327 e. The molecule has 0 fully saturated rings. The molecule has 6 rings (SSSR count). The molecule has 20 nitrogen and oxygen atoms in total. The number of esters is 5. The van der Waals surface area contributed by atoms with Gasteiger partial charge in [-0.3, -0.25) is 24.0 Å². The van der Waals surface area contributed by atoms with Gasteiger partial charge >= 0.3 is 29.8 Å². The second-order valence-corrected chi connectivity index (χ2v) is 38.1. The quantitative estimate of drug-likeness (QED) is 0.0175. The van der Waals surface area contributed by atoms with Gasteiger partial charge in [0.25, 0.3) is 0 Å². The standard InChI is InChI=1S/C67H73Cl5O20S5/c1-12-13-14-15-16-52-53(42-17-27-47(28-18-42)93(78,79)37-63(2,68)58(73)88-7)55(44-21-31-49(32-22-44)95(82,83)39-65(4,70)60(75)90-9)57(46-25-35-51(36-26-46)97(86,87)41-67(6,72)62(77)92-11)56(45-23-33-50(34-24-45)96(84,85)40-66(5,71)61(76)91-10)54(52)43-19-29-48(30-20-43)94(80,81)38-64(3,69)59(74)89-8/h17-36H,12-16,37-41H2,1-11H3. The Bertz CT molecular complexity index is 4320. The second-order valence-electron chi connectivity index (χ2n) is 24.0. The molecule has 6 aromatic carbocycles. The molecule has 526 valence electrons. The molecule has 97 heavy (non-hydrogen) atoms. The van der Waals surface area contributed by atoms with E-state index in [1.807, 2.05) is 6.92 Å². The maximum absolute atomic E-state index is 14.3. The highest BCUT2D eigenvalue weighted by Crippen LogP contribution is 2.54. The summed E-state index contributed by atoms with van der Waals surface area (Å²) in [7, 11) is -16.9. The van der Waals surface area contributed by atoms with Crippen LogP contribution in [0.4, 0.5) is 0 Å². The van der Waals surface area contributed by atoms with Crippen molar-refractivity contribution in [2.45, 2.75) is 122 Å². The van der Waals surface area contributed by atoms with Crippen LogP contribution < -0.4 is 0 Å². The van der Waals surface area contributed by atoms with Crippen LogP contribution >= 0.6 is 58.0 Å². The van der Waals surface area contributed by atoms with E-state index in [9.17, 15) is 66.1 Å². The van der Waals surface area contributed by atoms with Gasteiger partial charge in [0, 0.05) is 0 Å². The van der Waals surface area contributed by atoms with Crippen molar-refractivity contribution < 1.29 is 89.7 Å². The number of methoxy groups -OCH3 is 5. The molecule has 30 heteroatoms. The molecule has 0 saturated carbocycles. The molecule has 0 spiro atoms. The van der Waals surface area contributed by atoms with Crippen LogP contribution in [0.15, 0.2) is 146 Å². The molecular formula is C67H73Cl5O20S5. The van der Waals surface area contributed by atoms with Gasteiger partial charge in [0.15, 0.2) is 73.6 Å². The molecule has 6 aromatic rings. The van der Waals surface area contributed by atoms with E-state index in [0.29, 0.717) is 40.7 Å². The van der Waals surface area contributed by atoms with Gasteiger partial charge in [-0.05, 0) is 169 Å². The van der Waals surface area contributed by atoms with E-state index in [-0.39, 0.29) is 64.3 Å². The van der Waals surface area contributed by atoms with Crippen LogP contribution in [0.5, 0.6) is 0 Å². The van der Waals surface area contributed by atoms with Gasteiger partial charge in [-0.25, -0.2) is 42.1 Å². The van der Waals surface area contributed by atoms with Crippen LogP contribution in [-0.4, -0.2) is 161 Å². The Morgan fingerprint density at radius 1 is 0.299 bits per heavy atom. The lowest BCUT2D eigenvalue weighted by Crippen LogP contribution is -2.37. The Morgan fingerprint density at radius 2 is 0.474 bits per heavy atom. The summed E-state index contributed by atoms with van der Waals surface area (Å²) in [6.07, 6.45) is 2.72. The predicted octanol–water partition coefficient (Wildman–Crippen LogP) is 11.9. The highest BCUT2D eigenvalue weighted by molar-refractivity contribution is 7.92. The number of halogens is 5. The zero-order valence-corrected chi connectivity index (χ0v) is 62.6. The number of alkyl halides is 5. The van der Waals surface area contributed by atoms with Crippen molar-refractivity contribution >= 4 is 137 Å². The van der Waals surface area contributed by atoms with Crippen molar-refractivity contribution in [3.63, 3.8) is 0 Å². The largest absolute Gasteiger partial charge is 0.468 e. The SMILES string of the molecule is CCCCCCc1c(-c2ccc(S(=O)(=O)CC(C)(Cl)C(=O)OC)cc2)c(-c2ccc(S(=O)(=O)CC(C)(Cl)C(=O)OC)cc2)c(-c2ccc(S(=O)(=O)CC(C)(Cl)C(=O)OC)cc2)c(-c2ccc(S(=O)(=O)CC(C)(Cl)C(=O)OC)cc2)c1-c1ccc(S(=O)(=O)CC(C)(Cl)C(=O)OC)cc1. The predicted molar refractivity (Wildman–Crippen MR) is 373 cm³/mol. The molecule has 5 atom stereocenters. The number of unbranched alkanes of at least 4 members (excludes halogenated alkanes) is 3. The Hall–Kier alpha value is -6.13. The molecule has 0 radical (unpaired) electrons. The van der Waals surface area contributed by atoms with Crippen LogP contribution in [0.2, 0.25) is 0 Å². The number of hydrogen-bond donors (Lipinski definition) is 0. The summed E-state index contributed by atoms with van der Waals surface area (Å²) < 4.78 is 167. The van der Waals surface area contributed by atoms with Gasteiger partial charge in [-0.2, -0.15) is 0 Å². The molecule has 0 aliphatic heterocycles. The van der Waals surface area contributed by atoms with E-state index in [1.165, 1.54) is 156 Å². The third-order valence-corrected chi connectivity index (χ3v) is 27.7. The first-order chi connectivity index (χ1) is 44.8. The first kappa shape index (κ1) is 79.9. The van der Waals surface area contributed by atoms with E-state index in [0.717, 1.165) is 48.4 Å². The van der Waals surface area contributed by atoms with Crippen LogP contribution in [0.3, 0.4) is 0 Å². The normalized spacial score (nSPS) is 15.4. The number of carbonyl (C=O) groups excluding carboxylic acids is 5. The lowest BCUT2D eigenvalue weighted by atomic mass is 9.74. The van der Waals surface area contributed by atoms with Crippen molar-refractivity contribution in [1.82, 2.24) is 0 Å². The number of benzene rings is 6. The van der Waals surface area contributed by atoms with E-state index in [1.54, 1.807) is 0 Å². The van der Waals surface area contributed by atoms with Crippen molar-refractivity contribution in [3.8, 4) is 55.6 Å². The third kappa shape index (κ3) is 18.5. The monoisotopic (exact) mass is 1530 g/mol. The summed E-state index contributed by atoms with van der Waals surface area (Å²) in [6.45, 7) is 7.88. The minimum absolute atomic E-state index is 0.162. The molecule has 0 aliphatic carbocycles. The Labute approximate surface area is 591 Å². The number of rotatable bonds is 30. The minimum Gasteiger partial charge on any atom is -0.468 e. The molecule has 0 amide bonds. The molecule has 0 aliphatic rings. The van der Waals surface area contributed by atoms with Gasteiger partial charge in [0.05, 0.1) is 88.8 Å². The average Bonchev–Trinajstić information content (AvgIpc) is 0.718. The molecule has 0 N–H and O–H groups in total. The average molecular weight is 1540 g/mol. The number of sulfone groups is 5. The van der Waals surface area contributed by atoms with Gasteiger partial charge in [-0.1, -0.05) is 86.8 Å². The van der Waals surface area contributed by atoms with E-state index in [2.05, 4.69) is 0 Å². The number of carbonyl (C=O) groups is 5.